The van der Waals surface area contributed by atoms with Crippen LogP contribution >= 0.6 is 59.1 Å². The lowest BCUT2D eigenvalue weighted by Gasteiger charge is -2.57. The Morgan fingerprint density at radius 3 is 2.10 bits per heavy atom. The summed E-state index contributed by atoms with van der Waals surface area (Å²) in [5.41, 5.74) is 0.659. The van der Waals surface area contributed by atoms with Crippen LogP contribution in [0.2, 0.25) is 0 Å². The zero-order valence-electron chi connectivity index (χ0n) is 11.4. The molecular formula is C16H19Br3S. The second-order valence-corrected chi connectivity index (χ2v) is 11.7. The van der Waals surface area contributed by atoms with Crippen molar-refractivity contribution < 1.29 is 0 Å². The molecule has 0 radical (unpaired) electrons. The number of rotatable bonds is 3. The molecule has 1 aromatic heterocycles. The summed E-state index contributed by atoms with van der Waals surface area (Å²) in [5.74, 6) is 3.17. The maximum atomic E-state index is 3.99. The molecule has 4 fully saturated rings. The van der Waals surface area contributed by atoms with Crippen LogP contribution in [0, 0.1) is 23.2 Å². The topological polar surface area (TPSA) is 0 Å². The van der Waals surface area contributed by atoms with Crippen LogP contribution in [0.25, 0.3) is 0 Å². The first-order chi connectivity index (χ1) is 9.53. The first-order valence-electron chi connectivity index (χ1n) is 7.62. The highest BCUT2D eigenvalue weighted by molar-refractivity contribution is 9.13. The van der Waals surface area contributed by atoms with Crippen molar-refractivity contribution in [1.82, 2.24) is 0 Å². The van der Waals surface area contributed by atoms with Crippen molar-refractivity contribution in [3.8, 4) is 0 Å². The van der Waals surface area contributed by atoms with Gasteiger partial charge in [0, 0.05) is 14.2 Å². The molecule has 1 heterocycles. The third kappa shape index (κ3) is 2.61. The fourth-order valence-electron chi connectivity index (χ4n) is 5.54. The van der Waals surface area contributed by atoms with Gasteiger partial charge in [0.2, 0.25) is 0 Å². The summed E-state index contributed by atoms with van der Waals surface area (Å²) in [5, 5.41) is 0. The summed E-state index contributed by atoms with van der Waals surface area (Å²) in [6, 6.07) is 2.29. The van der Waals surface area contributed by atoms with Gasteiger partial charge in [0.1, 0.15) is 0 Å². The minimum atomic E-state index is 0.534. The molecule has 110 valence electrons. The van der Waals surface area contributed by atoms with E-state index in [1.807, 2.05) is 11.3 Å². The SMILES string of the molecule is Brc1cc(C(Br)CC23CC4CC(CC(C4)C2)C3)sc1Br. The quantitative estimate of drug-likeness (QED) is 0.396. The van der Waals surface area contributed by atoms with E-state index in [1.54, 1.807) is 19.3 Å². The Morgan fingerprint density at radius 2 is 1.65 bits per heavy atom. The molecule has 0 amide bonds. The highest BCUT2D eigenvalue weighted by Crippen LogP contribution is 2.63. The van der Waals surface area contributed by atoms with Crippen molar-refractivity contribution in [2.45, 2.75) is 49.8 Å². The van der Waals surface area contributed by atoms with Crippen LogP contribution in [0.1, 0.15) is 54.7 Å². The fourth-order valence-corrected chi connectivity index (χ4v) is 8.71. The average Bonchev–Trinajstić information content (AvgIpc) is 2.67. The molecule has 0 spiro atoms. The van der Waals surface area contributed by atoms with Crippen LogP contribution in [0.4, 0.5) is 0 Å². The standard InChI is InChI=1S/C16H19Br3S/c17-12-4-14(20-15(12)19)13(18)8-16-5-9-1-10(6-16)3-11(2-9)7-16/h4,9-11,13H,1-3,5-8H2. The summed E-state index contributed by atoms with van der Waals surface area (Å²) in [7, 11) is 0. The van der Waals surface area contributed by atoms with E-state index in [1.165, 1.54) is 38.8 Å². The van der Waals surface area contributed by atoms with Crippen LogP contribution in [0.5, 0.6) is 0 Å². The smallest absolute Gasteiger partial charge is 0.0843 e. The van der Waals surface area contributed by atoms with Crippen molar-refractivity contribution in [2.75, 3.05) is 0 Å². The van der Waals surface area contributed by atoms with Gasteiger partial charge in [0.25, 0.3) is 0 Å². The molecule has 1 atom stereocenters. The summed E-state index contributed by atoms with van der Waals surface area (Å²) in [6.07, 6.45) is 10.5. The molecule has 5 rings (SSSR count). The average molecular weight is 483 g/mol. The predicted molar refractivity (Wildman–Crippen MR) is 96.6 cm³/mol. The monoisotopic (exact) mass is 480 g/mol. The summed E-state index contributed by atoms with van der Waals surface area (Å²) < 4.78 is 2.43. The largest absolute Gasteiger partial charge is 0.131 e. The Labute approximate surface area is 150 Å². The van der Waals surface area contributed by atoms with Gasteiger partial charge in [0.15, 0.2) is 0 Å². The molecular weight excluding hydrogens is 464 g/mol. The third-order valence-corrected chi connectivity index (χ3v) is 10.2. The van der Waals surface area contributed by atoms with Gasteiger partial charge in [-0.25, -0.2) is 0 Å². The van der Waals surface area contributed by atoms with E-state index < -0.39 is 0 Å². The number of hydrogen-bond acceptors (Lipinski definition) is 1. The molecule has 4 aliphatic rings. The molecule has 0 N–H and O–H groups in total. The van der Waals surface area contributed by atoms with Gasteiger partial charge < -0.3 is 0 Å². The Morgan fingerprint density at radius 1 is 1.10 bits per heavy atom. The van der Waals surface area contributed by atoms with E-state index in [9.17, 15) is 0 Å². The predicted octanol–water partition coefficient (Wildman–Crippen LogP) is 7.32. The Kier molecular flexibility index (Phi) is 3.94. The van der Waals surface area contributed by atoms with E-state index >= 15 is 0 Å². The molecule has 20 heavy (non-hydrogen) atoms. The Bertz CT molecular complexity index is 467. The molecule has 1 aromatic rings. The van der Waals surface area contributed by atoms with E-state index in [0.29, 0.717) is 10.2 Å². The van der Waals surface area contributed by atoms with Crippen LogP contribution in [-0.2, 0) is 0 Å². The van der Waals surface area contributed by atoms with E-state index in [4.69, 9.17) is 0 Å². The van der Waals surface area contributed by atoms with Crippen LogP contribution in [0.15, 0.2) is 14.3 Å². The zero-order valence-corrected chi connectivity index (χ0v) is 17.0. The number of halogens is 3. The second kappa shape index (κ2) is 5.35. The molecule has 0 saturated heterocycles. The molecule has 0 aromatic carbocycles. The van der Waals surface area contributed by atoms with Crippen molar-refractivity contribution in [1.29, 1.82) is 0 Å². The van der Waals surface area contributed by atoms with Gasteiger partial charge in [-0.15, -0.1) is 11.3 Å². The van der Waals surface area contributed by atoms with Gasteiger partial charge in [-0.1, -0.05) is 15.9 Å². The highest BCUT2D eigenvalue weighted by atomic mass is 79.9. The minimum Gasteiger partial charge on any atom is -0.131 e. The van der Waals surface area contributed by atoms with Crippen LogP contribution in [-0.4, -0.2) is 0 Å². The Balaban J connectivity index is 1.53. The highest BCUT2D eigenvalue weighted by Gasteiger charge is 2.51. The van der Waals surface area contributed by atoms with E-state index in [2.05, 4.69) is 53.9 Å². The van der Waals surface area contributed by atoms with Gasteiger partial charge in [-0.2, -0.15) is 0 Å². The first-order valence-corrected chi connectivity index (χ1v) is 10.9. The molecule has 4 saturated carbocycles. The summed E-state index contributed by atoms with van der Waals surface area (Å²) in [6.45, 7) is 0. The normalized spacial score (nSPS) is 40.2. The number of thiophene rings is 1. The third-order valence-electron chi connectivity index (χ3n) is 5.75. The lowest BCUT2D eigenvalue weighted by atomic mass is 9.48. The summed E-state index contributed by atoms with van der Waals surface area (Å²) in [4.78, 5) is 2.01. The summed E-state index contributed by atoms with van der Waals surface area (Å²) >= 11 is 13.1. The maximum Gasteiger partial charge on any atom is 0.0843 e. The zero-order chi connectivity index (χ0) is 13.9. The number of hydrogen-bond donors (Lipinski definition) is 0. The van der Waals surface area contributed by atoms with Crippen molar-refractivity contribution >= 4 is 59.1 Å². The van der Waals surface area contributed by atoms with Crippen LogP contribution in [0.3, 0.4) is 0 Å². The van der Waals surface area contributed by atoms with Crippen molar-refractivity contribution in [3.63, 3.8) is 0 Å². The minimum absolute atomic E-state index is 0.534. The molecule has 0 aliphatic heterocycles. The lowest BCUT2D eigenvalue weighted by Crippen LogP contribution is -2.46. The van der Waals surface area contributed by atoms with Gasteiger partial charge >= 0.3 is 0 Å². The van der Waals surface area contributed by atoms with Crippen LogP contribution < -0.4 is 0 Å². The maximum absolute atomic E-state index is 3.99. The van der Waals surface area contributed by atoms with Gasteiger partial charge in [-0.05, 0) is 106 Å². The molecule has 0 nitrogen and oxygen atoms in total. The molecule has 4 heteroatoms. The fraction of sp³-hybridized carbons (Fsp3) is 0.750. The van der Waals surface area contributed by atoms with Gasteiger partial charge in [-0.3, -0.25) is 0 Å². The first kappa shape index (κ1) is 14.7. The second-order valence-electron chi connectivity index (χ2n) is 7.36. The van der Waals surface area contributed by atoms with E-state index in [0.717, 1.165) is 17.8 Å². The number of alkyl halides is 1. The van der Waals surface area contributed by atoms with E-state index in [-0.39, 0.29) is 0 Å². The van der Waals surface area contributed by atoms with Crippen molar-refractivity contribution in [2.24, 2.45) is 23.2 Å². The lowest BCUT2D eigenvalue weighted by molar-refractivity contribution is -0.0570. The van der Waals surface area contributed by atoms with Crippen molar-refractivity contribution in [3.05, 3.63) is 19.2 Å². The molecule has 1 unspecified atom stereocenters. The Hall–Kier alpha value is 1.14. The van der Waals surface area contributed by atoms with Gasteiger partial charge in [0.05, 0.1) is 3.79 Å². The molecule has 4 aliphatic carbocycles. The molecule has 4 bridgehead atoms.